The molecule has 148 valence electrons. The fourth-order valence-electron chi connectivity index (χ4n) is 3.47. The van der Waals surface area contributed by atoms with Crippen LogP contribution < -0.4 is 4.90 Å². The number of aromatic nitrogens is 3. The Morgan fingerprint density at radius 1 is 1.03 bits per heavy atom. The zero-order valence-corrected chi connectivity index (χ0v) is 17.2. The molecule has 1 aromatic carbocycles. The molecule has 1 saturated heterocycles. The summed E-state index contributed by atoms with van der Waals surface area (Å²) in [5.41, 5.74) is 3.53. The third-order valence-electron chi connectivity index (χ3n) is 5.22. The van der Waals surface area contributed by atoms with E-state index < -0.39 is 0 Å². The summed E-state index contributed by atoms with van der Waals surface area (Å²) >= 11 is 6.03. The highest BCUT2D eigenvalue weighted by Crippen LogP contribution is 2.25. The van der Waals surface area contributed by atoms with Gasteiger partial charge in [-0.2, -0.15) is 0 Å². The van der Waals surface area contributed by atoms with Crippen molar-refractivity contribution in [2.24, 2.45) is 0 Å². The largest absolute Gasteiger partial charge is 0.353 e. The van der Waals surface area contributed by atoms with E-state index in [4.69, 9.17) is 16.6 Å². The number of nitrogens with zero attached hydrogens (tertiary/aromatic N) is 5. The first-order valence-electron chi connectivity index (χ1n) is 9.58. The van der Waals surface area contributed by atoms with Crippen molar-refractivity contribution in [1.29, 1.82) is 0 Å². The molecule has 1 amide bonds. The number of hydrogen-bond acceptors (Lipinski definition) is 5. The summed E-state index contributed by atoms with van der Waals surface area (Å²) < 4.78 is 0. The van der Waals surface area contributed by atoms with Crippen molar-refractivity contribution in [2.45, 2.75) is 13.8 Å². The Hall–Kier alpha value is -2.99. The molecule has 29 heavy (non-hydrogen) atoms. The lowest BCUT2D eigenvalue weighted by Gasteiger charge is -2.36. The fraction of sp³-hybridized carbons (Fsp3) is 0.273. The Morgan fingerprint density at radius 3 is 2.52 bits per heavy atom. The van der Waals surface area contributed by atoms with Gasteiger partial charge in [-0.25, -0.2) is 9.97 Å². The number of pyridine rings is 1. The summed E-state index contributed by atoms with van der Waals surface area (Å²) in [5.74, 6) is 1.61. The first-order chi connectivity index (χ1) is 14.0. The van der Waals surface area contributed by atoms with Crippen LogP contribution in [-0.2, 0) is 0 Å². The molecule has 0 unspecified atom stereocenters. The zero-order chi connectivity index (χ0) is 20.4. The number of rotatable bonds is 3. The van der Waals surface area contributed by atoms with Crippen molar-refractivity contribution in [1.82, 2.24) is 19.9 Å². The molecule has 0 bridgehead atoms. The average Bonchev–Trinajstić information content (AvgIpc) is 2.76. The lowest BCUT2D eigenvalue weighted by Crippen LogP contribution is -2.49. The quantitative estimate of drug-likeness (QED) is 0.661. The molecule has 2 aromatic heterocycles. The molecule has 0 N–H and O–H groups in total. The topological polar surface area (TPSA) is 62.2 Å². The minimum absolute atomic E-state index is 0.0128. The number of halogens is 1. The van der Waals surface area contributed by atoms with Gasteiger partial charge in [-0.3, -0.25) is 9.78 Å². The van der Waals surface area contributed by atoms with Gasteiger partial charge in [-0.05, 0) is 44.2 Å². The van der Waals surface area contributed by atoms with E-state index >= 15 is 0 Å². The summed E-state index contributed by atoms with van der Waals surface area (Å²) in [4.78, 5) is 30.5. The minimum Gasteiger partial charge on any atom is -0.353 e. The Balaban J connectivity index is 1.53. The van der Waals surface area contributed by atoms with Gasteiger partial charge in [0.05, 0.1) is 0 Å². The van der Waals surface area contributed by atoms with Crippen LogP contribution in [0.15, 0.2) is 48.8 Å². The highest BCUT2D eigenvalue weighted by atomic mass is 35.5. The third kappa shape index (κ3) is 4.07. The highest BCUT2D eigenvalue weighted by Gasteiger charge is 2.25. The van der Waals surface area contributed by atoms with Crippen LogP contribution >= 0.6 is 11.6 Å². The number of carbonyl (C=O) groups excluding carboxylic acids is 1. The Labute approximate surface area is 175 Å². The molecule has 1 aliphatic heterocycles. The van der Waals surface area contributed by atoms with Gasteiger partial charge in [0, 0.05) is 66.0 Å². The van der Waals surface area contributed by atoms with Crippen molar-refractivity contribution in [3.05, 3.63) is 70.6 Å². The standard InChI is InChI=1S/C22H22ClN5O/c1-15-16(2)25-20(18-6-4-8-24-14-18)26-21(15)27-9-11-28(12-10-27)22(29)17-5-3-7-19(23)13-17/h3-8,13-14H,9-12H2,1-2H3. The predicted molar refractivity (Wildman–Crippen MR) is 114 cm³/mol. The molecule has 1 aliphatic rings. The molecule has 4 rings (SSSR count). The van der Waals surface area contributed by atoms with Crippen LogP contribution in [-0.4, -0.2) is 51.9 Å². The van der Waals surface area contributed by atoms with Crippen LogP contribution in [0.4, 0.5) is 5.82 Å². The van der Waals surface area contributed by atoms with Crippen LogP contribution in [0.25, 0.3) is 11.4 Å². The fourth-order valence-corrected chi connectivity index (χ4v) is 3.66. The van der Waals surface area contributed by atoms with Crippen LogP contribution in [0.1, 0.15) is 21.6 Å². The van der Waals surface area contributed by atoms with Gasteiger partial charge in [0.2, 0.25) is 0 Å². The molecule has 3 aromatic rings. The normalized spacial score (nSPS) is 14.2. The highest BCUT2D eigenvalue weighted by molar-refractivity contribution is 6.30. The van der Waals surface area contributed by atoms with Crippen molar-refractivity contribution >= 4 is 23.3 Å². The van der Waals surface area contributed by atoms with Crippen LogP contribution in [0.2, 0.25) is 5.02 Å². The first kappa shape index (κ1) is 19.3. The van der Waals surface area contributed by atoms with E-state index in [1.165, 1.54) is 0 Å². The summed E-state index contributed by atoms with van der Waals surface area (Å²) in [5, 5.41) is 0.574. The molecular weight excluding hydrogens is 386 g/mol. The number of anilines is 1. The van der Waals surface area contributed by atoms with E-state index in [0.717, 1.165) is 35.7 Å². The second-order valence-corrected chi connectivity index (χ2v) is 7.55. The van der Waals surface area contributed by atoms with Crippen molar-refractivity contribution in [2.75, 3.05) is 31.1 Å². The van der Waals surface area contributed by atoms with Gasteiger partial charge in [0.1, 0.15) is 5.82 Å². The number of hydrogen-bond donors (Lipinski definition) is 0. The van der Waals surface area contributed by atoms with Gasteiger partial charge in [-0.15, -0.1) is 0 Å². The number of amides is 1. The number of aryl methyl sites for hydroxylation is 1. The van der Waals surface area contributed by atoms with Crippen LogP contribution in [0.5, 0.6) is 0 Å². The lowest BCUT2D eigenvalue weighted by molar-refractivity contribution is 0.0746. The third-order valence-corrected chi connectivity index (χ3v) is 5.46. The molecular formula is C22H22ClN5O. The van der Waals surface area contributed by atoms with E-state index in [9.17, 15) is 4.79 Å². The number of benzene rings is 1. The Bertz CT molecular complexity index is 1030. The van der Waals surface area contributed by atoms with Crippen molar-refractivity contribution in [3.8, 4) is 11.4 Å². The van der Waals surface area contributed by atoms with E-state index in [0.29, 0.717) is 29.5 Å². The van der Waals surface area contributed by atoms with Gasteiger partial charge in [0.25, 0.3) is 5.91 Å². The maximum Gasteiger partial charge on any atom is 0.254 e. The maximum absolute atomic E-state index is 12.8. The van der Waals surface area contributed by atoms with Crippen molar-refractivity contribution < 1.29 is 4.79 Å². The molecule has 6 nitrogen and oxygen atoms in total. The van der Waals surface area contributed by atoms with E-state index in [1.807, 2.05) is 30.9 Å². The molecule has 1 fully saturated rings. The van der Waals surface area contributed by atoms with E-state index in [1.54, 1.807) is 36.7 Å². The number of carbonyl (C=O) groups is 1. The summed E-state index contributed by atoms with van der Waals surface area (Å²) in [7, 11) is 0. The van der Waals surface area contributed by atoms with Gasteiger partial charge < -0.3 is 9.80 Å². The van der Waals surface area contributed by atoms with E-state index in [-0.39, 0.29) is 5.91 Å². The second-order valence-electron chi connectivity index (χ2n) is 7.11. The Kier molecular flexibility index (Phi) is 5.45. The van der Waals surface area contributed by atoms with Gasteiger partial charge in [0.15, 0.2) is 5.82 Å². The molecule has 0 aliphatic carbocycles. The average molecular weight is 408 g/mol. The smallest absolute Gasteiger partial charge is 0.254 e. The van der Waals surface area contributed by atoms with E-state index in [2.05, 4.69) is 14.9 Å². The predicted octanol–water partition coefficient (Wildman–Crippen LogP) is 3.77. The monoisotopic (exact) mass is 407 g/mol. The minimum atomic E-state index is 0.0128. The SMILES string of the molecule is Cc1nc(-c2cccnc2)nc(N2CCN(C(=O)c3cccc(Cl)c3)CC2)c1C. The zero-order valence-electron chi connectivity index (χ0n) is 16.5. The molecule has 0 saturated carbocycles. The summed E-state index contributed by atoms with van der Waals surface area (Å²) in [6.07, 6.45) is 3.51. The molecule has 0 radical (unpaired) electrons. The summed E-state index contributed by atoms with van der Waals surface area (Å²) in [6, 6.07) is 10.9. The molecule has 7 heteroatoms. The Morgan fingerprint density at radius 2 is 1.83 bits per heavy atom. The first-order valence-corrected chi connectivity index (χ1v) is 9.96. The number of piperazine rings is 1. The van der Waals surface area contributed by atoms with Crippen LogP contribution in [0, 0.1) is 13.8 Å². The second kappa shape index (κ2) is 8.17. The summed E-state index contributed by atoms with van der Waals surface area (Å²) in [6.45, 7) is 6.75. The molecule has 3 heterocycles. The maximum atomic E-state index is 12.8. The lowest BCUT2D eigenvalue weighted by atomic mass is 10.1. The molecule has 0 spiro atoms. The van der Waals surface area contributed by atoms with Gasteiger partial charge in [-0.1, -0.05) is 17.7 Å². The van der Waals surface area contributed by atoms with Gasteiger partial charge >= 0.3 is 0 Å². The van der Waals surface area contributed by atoms with Crippen LogP contribution in [0.3, 0.4) is 0 Å². The molecule has 0 atom stereocenters. The van der Waals surface area contributed by atoms with Crippen molar-refractivity contribution in [3.63, 3.8) is 0 Å².